The first kappa shape index (κ1) is 17.8. The third-order valence-electron chi connectivity index (χ3n) is 4.51. The minimum atomic E-state index is -0.337. The number of nitrogens with zero attached hydrogens (tertiary/aromatic N) is 5. The molecule has 0 saturated carbocycles. The molecule has 3 heterocycles. The molecular formula is C19H17FN6O2. The summed E-state index contributed by atoms with van der Waals surface area (Å²) in [5.41, 5.74) is 1.11. The Labute approximate surface area is 160 Å². The quantitative estimate of drug-likeness (QED) is 0.721. The summed E-state index contributed by atoms with van der Waals surface area (Å²) in [4.78, 5) is 30.5. The van der Waals surface area contributed by atoms with Crippen LogP contribution < -0.4 is 5.32 Å². The molecule has 0 unspecified atom stereocenters. The second-order valence-electron chi connectivity index (χ2n) is 6.55. The third kappa shape index (κ3) is 3.88. The van der Waals surface area contributed by atoms with E-state index in [0.717, 1.165) is 0 Å². The summed E-state index contributed by atoms with van der Waals surface area (Å²) in [6.07, 6.45) is 4.71. The maximum absolute atomic E-state index is 13.3. The molecule has 3 aromatic rings. The molecule has 1 N–H and O–H groups in total. The molecule has 2 amide bonds. The lowest BCUT2D eigenvalue weighted by molar-refractivity contribution is -0.128. The van der Waals surface area contributed by atoms with Gasteiger partial charge in [-0.15, -0.1) is 10.2 Å². The molecule has 1 atom stereocenters. The van der Waals surface area contributed by atoms with Gasteiger partial charge in [0.1, 0.15) is 24.3 Å². The van der Waals surface area contributed by atoms with Crippen LogP contribution >= 0.6 is 0 Å². The third-order valence-corrected chi connectivity index (χ3v) is 4.51. The largest absolute Gasteiger partial charge is 0.347 e. The van der Waals surface area contributed by atoms with E-state index in [0.29, 0.717) is 30.0 Å². The lowest BCUT2D eigenvalue weighted by Crippen LogP contribution is -2.37. The standard InChI is InChI=1S/C19H17FN6O2/c20-15-3-1-2-13(6-15)9-25-10-16(7-18(25)27)24-19(28)14-4-5-17(21-8-14)26-11-22-23-12-26/h1-6,8,11-12,16H,7,9-10H2,(H,24,28)/t16-/m0/s1. The van der Waals surface area contributed by atoms with E-state index in [4.69, 9.17) is 0 Å². The van der Waals surface area contributed by atoms with Crippen molar-refractivity contribution in [1.29, 1.82) is 0 Å². The number of amides is 2. The summed E-state index contributed by atoms with van der Waals surface area (Å²) in [7, 11) is 0. The Morgan fingerprint density at radius 2 is 2.04 bits per heavy atom. The number of aromatic nitrogens is 4. The Morgan fingerprint density at radius 1 is 1.21 bits per heavy atom. The van der Waals surface area contributed by atoms with Gasteiger partial charge in [-0.25, -0.2) is 9.37 Å². The minimum Gasteiger partial charge on any atom is -0.347 e. The highest BCUT2D eigenvalue weighted by Gasteiger charge is 2.30. The zero-order valence-corrected chi connectivity index (χ0v) is 14.8. The van der Waals surface area contributed by atoms with Crippen LogP contribution in [0.2, 0.25) is 0 Å². The van der Waals surface area contributed by atoms with Gasteiger partial charge < -0.3 is 10.2 Å². The lowest BCUT2D eigenvalue weighted by atomic mass is 10.2. The maximum atomic E-state index is 13.3. The fraction of sp³-hybridized carbons (Fsp3) is 0.211. The van der Waals surface area contributed by atoms with Gasteiger partial charge >= 0.3 is 0 Å². The molecule has 0 radical (unpaired) electrons. The Morgan fingerprint density at radius 3 is 2.75 bits per heavy atom. The van der Waals surface area contributed by atoms with Crippen molar-refractivity contribution in [2.45, 2.75) is 19.0 Å². The molecule has 142 valence electrons. The van der Waals surface area contributed by atoms with Gasteiger partial charge in [0.2, 0.25) is 5.91 Å². The van der Waals surface area contributed by atoms with Gasteiger partial charge in [0.15, 0.2) is 0 Å². The van der Waals surface area contributed by atoms with Crippen LogP contribution in [-0.2, 0) is 11.3 Å². The molecule has 0 aliphatic carbocycles. The number of carbonyl (C=O) groups is 2. The van der Waals surface area contributed by atoms with Gasteiger partial charge in [0.05, 0.1) is 11.6 Å². The van der Waals surface area contributed by atoms with Gasteiger partial charge in [-0.05, 0) is 29.8 Å². The van der Waals surface area contributed by atoms with E-state index in [-0.39, 0.29) is 30.1 Å². The fourth-order valence-corrected chi connectivity index (χ4v) is 3.14. The van der Waals surface area contributed by atoms with Crippen LogP contribution in [0, 0.1) is 5.82 Å². The molecule has 1 fully saturated rings. The Hall–Kier alpha value is -3.62. The fourth-order valence-electron chi connectivity index (χ4n) is 3.14. The van der Waals surface area contributed by atoms with Crippen molar-refractivity contribution in [3.63, 3.8) is 0 Å². The average Bonchev–Trinajstić information content (AvgIpc) is 3.32. The van der Waals surface area contributed by atoms with E-state index in [9.17, 15) is 14.0 Å². The second-order valence-corrected chi connectivity index (χ2v) is 6.55. The van der Waals surface area contributed by atoms with Crippen LogP contribution in [0.25, 0.3) is 5.82 Å². The molecule has 1 aliphatic heterocycles. The summed E-state index contributed by atoms with van der Waals surface area (Å²) in [6, 6.07) is 9.19. The molecule has 1 aromatic carbocycles. The van der Waals surface area contributed by atoms with Crippen LogP contribution in [-0.4, -0.2) is 49.0 Å². The molecular weight excluding hydrogens is 363 g/mol. The molecule has 1 saturated heterocycles. The number of hydrogen-bond acceptors (Lipinski definition) is 5. The van der Waals surface area contributed by atoms with Crippen LogP contribution in [0.15, 0.2) is 55.2 Å². The van der Waals surface area contributed by atoms with Crippen molar-refractivity contribution in [2.24, 2.45) is 0 Å². The highest BCUT2D eigenvalue weighted by molar-refractivity contribution is 5.94. The first-order valence-electron chi connectivity index (χ1n) is 8.72. The average molecular weight is 380 g/mol. The zero-order chi connectivity index (χ0) is 19.5. The Bertz CT molecular complexity index is 990. The summed E-state index contributed by atoms with van der Waals surface area (Å²) in [5.74, 6) is -0.112. The van der Waals surface area contributed by atoms with Crippen LogP contribution in [0.5, 0.6) is 0 Å². The van der Waals surface area contributed by atoms with E-state index >= 15 is 0 Å². The summed E-state index contributed by atoms with van der Waals surface area (Å²) >= 11 is 0. The van der Waals surface area contributed by atoms with Gasteiger partial charge in [-0.1, -0.05) is 12.1 Å². The lowest BCUT2D eigenvalue weighted by Gasteiger charge is -2.17. The molecule has 8 nitrogen and oxygen atoms in total. The van der Waals surface area contributed by atoms with Crippen molar-refractivity contribution in [2.75, 3.05) is 6.54 Å². The van der Waals surface area contributed by atoms with Gasteiger partial charge in [-0.2, -0.15) is 0 Å². The molecule has 28 heavy (non-hydrogen) atoms. The number of pyridine rings is 1. The number of rotatable bonds is 5. The maximum Gasteiger partial charge on any atom is 0.253 e. The highest BCUT2D eigenvalue weighted by Crippen LogP contribution is 2.16. The summed E-state index contributed by atoms with van der Waals surface area (Å²) in [6.45, 7) is 0.700. The van der Waals surface area contributed by atoms with Crippen molar-refractivity contribution < 1.29 is 14.0 Å². The molecule has 4 rings (SSSR count). The molecule has 1 aliphatic rings. The van der Waals surface area contributed by atoms with Crippen molar-refractivity contribution in [3.8, 4) is 5.82 Å². The monoisotopic (exact) mass is 380 g/mol. The number of hydrogen-bond donors (Lipinski definition) is 1. The molecule has 9 heteroatoms. The zero-order valence-electron chi connectivity index (χ0n) is 14.8. The van der Waals surface area contributed by atoms with E-state index in [2.05, 4.69) is 20.5 Å². The van der Waals surface area contributed by atoms with Gasteiger partial charge in [0.25, 0.3) is 5.91 Å². The van der Waals surface area contributed by atoms with E-state index in [1.807, 2.05) is 0 Å². The summed E-state index contributed by atoms with van der Waals surface area (Å²) in [5, 5.41) is 10.3. The number of benzene rings is 1. The first-order valence-corrected chi connectivity index (χ1v) is 8.72. The van der Waals surface area contributed by atoms with Crippen molar-refractivity contribution in [3.05, 3.63) is 72.2 Å². The highest BCUT2D eigenvalue weighted by atomic mass is 19.1. The van der Waals surface area contributed by atoms with Crippen LogP contribution in [0.1, 0.15) is 22.3 Å². The Kier molecular flexibility index (Phi) is 4.79. The number of carbonyl (C=O) groups excluding carboxylic acids is 2. The van der Waals surface area contributed by atoms with E-state index in [1.54, 1.807) is 33.7 Å². The Balaban J connectivity index is 1.36. The van der Waals surface area contributed by atoms with Gasteiger partial charge in [-0.3, -0.25) is 14.2 Å². The van der Waals surface area contributed by atoms with Gasteiger partial charge in [0, 0.05) is 25.7 Å². The summed E-state index contributed by atoms with van der Waals surface area (Å²) < 4.78 is 14.9. The normalized spacial score (nSPS) is 16.4. The predicted octanol–water partition coefficient (Wildman–Crippen LogP) is 1.33. The minimum absolute atomic E-state index is 0.0735. The van der Waals surface area contributed by atoms with E-state index < -0.39 is 0 Å². The van der Waals surface area contributed by atoms with Crippen LogP contribution in [0.4, 0.5) is 4.39 Å². The molecule has 0 bridgehead atoms. The second kappa shape index (κ2) is 7.55. The number of nitrogens with one attached hydrogen (secondary N) is 1. The van der Waals surface area contributed by atoms with Crippen molar-refractivity contribution >= 4 is 11.8 Å². The smallest absolute Gasteiger partial charge is 0.253 e. The predicted molar refractivity (Wildman–Crippen MR) is 96.8 cm³/mol. The molecule has 2 aromatic heterocycles. The van der Waals surface area contributed by atoms with E-state index in [1.165, 1.54) is 31.0 Å². The topological polar surface area (TPSA) is 93.0 Å². The number of likely N-dealkylation sites (tertiary alicyclic amines) is 1. The SMILES string of the molecule is O=C(N[C@H]1CC(=O)N(Cc2cccc(F)c2)C1)c1ccc(-n2cnnc2)nc1. The molecule has 0 spiro atoms. The van der Waals surface area contributed by atoms with Crippen LogP contribution in [0.3, 0.4) is 0 Å². The first-order chi connectivity index (χ1) is 13.6. The number of halogens is 1. The van der Waals surface area contributed by atoms with Crippen molar-refractivity contribution in [1.82, 2.24) is 30.0 Å².